The second kappa shape index (κ2) is 7.09. The van der Waals surface area contributed by atoms with E-state index in [1.807, 2.05) is 0 Å². The molecule has 4 nitrogen and oxygen atoms in total. The zero-order valence-electron chi connectivity index (χ0n) is 15.1. The molecule has 3 rings (SSSR count). The van der Waals surface area contributed by atoms with E-state index >= 15 is 0 Å². The second-order valence-corrected chi connectivity index (χ2v) is 6.45. The van der Waals surface area contributed by atoms with E-state index in [0.29, 0.717) is 5.56 Å². The highest BCUT2D eigenvalue weighted by molar-refractivity contribution is 5.71. The number of aryl methyl sites for hydroxylation is 2. The zero-order chi connectivity index (χ0) is 21.6. The number of pyridine rings is 1. The molecule has 0 N–H and O–H groups in total. The van der Waals surface area contributed by atoms with Crippen LogP contribution in [-0.4, -0.2) is 22.2 Å². The van der Waals surface area contributed by atoms with Gasteiger partial charge in [-0.15, -0.1) is 0 Å². The number of hydrogen-bond acceptors (Lipinski definition) is 3. The Morgan fingerprint density at radius 1 is 1.03 bits per heavy atom. The van der Waals surface area contributed by atoms with E-state index in [1.165, 1.54) is 19.2 Å². The van der Waals surface area contributed by atoms with E-state index < -0.39 is 35.8 Å². The van der Waals surface area contributed by atoms with Crippen molar-refractivity contribution in [1.82, 2.24) is 9.38 Å². The van der Waals surface area contributed by atoms with Crippen LogP contribution in [0.3, 0.4) is 0 Å². The summed E-state index contributed by atoms with van der Waals surface area (Å²) >= 11 is 0. The highest BCUT2D eigenvalue weighted by atomic mass is 19.4. The van der Waals surface area contributed by atoms with Gasteiger partial charge in [-0.1, -0.05) is 6.07 Å². The Hall–Kier alpha value is -3.04. The Balaban J connectivity index is 2.20. The fourth-order valence-corrected chi connectivity index (χ4v) is 2.86. The van der Waals surface area contributed by atoms with Crippen LogP contribution in [0, 0.1) is 13.8 Å². The number of fused-ring (bicyclic) bond motifs is 1. The minimum Gasteiger partial charge on any atom is -0.484 e. The van der Waals surface area contributed by atoms with Crippen LogP contribution in [0.5, 0.6) is 5.75 Å². The van der Waals surface area contributed by atoms with E-state index in [-0.39, 0.29) is 22.5 Å². The molecular formula is C19H14F6N2O2. The minimum atomic E-state index is -4.91. The summed E-state index contributed by atoms with van der Waals surface area (Å²) in [5.74, 6) is -0.179. The Labute approximate surface area is 160 Å². The highest BCUT2D eigenvalue weighted by Crippen LogP contribution is 2.36. The van der Waals surface area contributed by atoms with Gasteiger partial charge < -0.3 is 4.74 Å². The van der Waals surface area contributed by atoms with E-state index in [9.17, 15) is 31.1 Å². The maximum absolute atomic E-state index is 13.6. The molecule has 0 aliphatic carbocycles. The van der Waals surface area contributed by atoms with Crippen LogP contribution in [0.25, 0.3) is 16.8 Å². The molecule has 1 aromatic carbocycles. The van der Waals surface area contributed by atoms with E-state index in [4.69, 9.17) is 0 Å². The lowest BCUT2D eigenvalue weighted by Gasteiger charge is -2.16. The van der Waals surface area contributed by atoms with Crippen molar-refractivity contribution in [2.24, 2.45) is 0 Å². The summed E-state index contributed by atoms with van der Waals surface area (Å²) in [4.78, 5) is 16.5. The summed E-state index contributed by atoms with van der Waals surface area (Å²) in [6, 6.07) is 6.24. The molecule has 0 aliphatic heterocycles. The van der Waals surface area contributed by atoms with Crippen LogP contribution in [0.1, 0.15) is 16.8 Å². The number of hydrogen-bond donors (Lipinski definition) is 0. The molecule has 0 aliphatic rings. The summed E-state index contributed by atoms with van der Waals surface area (Å²) in [6.07, 6.45) is -8.15. The molecular weight excluding hydrogens is 402 g/mol. The molecule has 0 saturated heterocycles. The first-order valence-electron chi connectivity index (χ1n) is 8.27. The van der Waals surface area contributed by atoms with Crippen molar-refractivity contribution < 1.29 is 31.1 Å². The number of alkyl halides is 6. The number of aromatic nitrogens is 2. The third-order valence-corrected chi connectivity index (χ3v) is 4.12. The smallest absolute Gasteiger partial charge is 0.434 e. The summed E-state index contributed by atoms with van der Waals surface area (Å²) in [6.45, 7) is 1.48. The van der Waals surface area contributed by atoms with Gasteiger partial charge in [0, 0.05) is 6.20 Å². The minimum absolute atomic E-state index is 0.0934. The molecule has 10 heteroatoms. The predicted octanol–water partition coefficient (Wildman–Crippen LogP) is 4.94. The van der Waals surface area contributed by atoms with Gasteiger partial charge in [0.25, 0.3) is 5.56 Å². The van der Waals surface area contributed by atoms with Gasteiger partial charge in [-0.2, -0.15) is 26.3 Å². The van der Waals surface area contributed by atoms with E-state index in [2.05, 4.69) is 9.72 Å². The van der Waals surface area contributed by atoms with E-state index in [0.717, 1.165) is 22.6 Å². The SMILES string of the molecule is Cc1ccn2c(=O)c(-c3ccc(OCC(F)(F)F)cc3C)c(C(F)(F)F)nc2c1. The van der Waals surface area contributed by atoms with Crippen LogP contribution in [-0.2, 0) is 6.18 Å². The highest BCUT2D eigenvalue weighted by Gasteiger charge is 2.38. The van der Waals surface area contributed by atoms with Gasteiger partial charge in [0.05, 0.1) is 5.56 Å². The largest absolute Gasteiger partial charge is 0.484 e. The molecule has 29 heavy (non-hydrogen) atoms. The predicted molar refractivity (Wildman–Crippen MR) is 92.9 cm³/mol. The van der Waals surface area contributed by atoms with Crippen molar-refractivity contribution in [2.75, 3.05) is 6.61 Å². The van der Waals surface area contributed by atoms with Crippen molar-refractivity contribution in [3.8, 4) is 16.9 Å². The number of halogens is 6. The van der Waals surface area contributed by atoms with Crippen LogP contribution in [0.2, 0.25) is 0 Å². The van der Waals surface area contributed by atoms with Crippen molar-refractivity contribution >= 4 is 5.65 Å². The monoisotopic (exact) mass is 416 g/mol. The van der Waals surface area contributed by atoms with Crippen LogP contribution < -0.4 is 10.3 Å². The maximum atomic E-state index is 13.6. The molecule has 0 bridgehead atoms. The number of rotatable bonds is 3. The first-order valence-corrected chi connectivity index (χ1v) is 8.27. The van der Waals surface area contributed by atoms with E-state index in [1.54, 1.807) is 13.0 Å². The number of ether oxygens (including phenoxy) is 1. The standard InChI is InChI=1S/C19H14F6N2O2/c1-10-5-6-27-14(7-10)26-16(19(23,24)25)15(17(27)28)13-4-3-12(8-11(13)2)29-9-18(20,21)22/h3-8H,9H2,1-2H3. The van der Waals surface area contributed by atoms with Crippen molar-refractivity contribution in [2.45, 2.75) is 26.2 Å². The second-order valence-electron chi connectivity index (χ2n) is 6.45. The van der Waals surface area contributed by atoms with Crippen molar-refractivity contribution in [3.05, 3.63) is 63.7 Å². The summed E-state index contributed by atoms with van der Waals surface area (Å²) < 4.78 is 83.4. The van der Waals surface area contributed by atoms with Crippen molar-refractivity contribution in [1.29, 1.82) is 0 Å². The van der Waals surface area contributed by atoms with Crippen molar-refractivity contribution in [3.63, 3.8) is 0 Å². The molecule has 0 amide bonds. The topological polar surface area (TPSA) is 43.6 Å². The number of benzene rings is 1. The molecule has 2 aromatic heterocycles. The third kappa shape index (κ3) is 4.36. The lowest BCUT2D eigenvalue weighted by atomic mass is 9.99. The Kier molecular flexibility index (Phi) is 5.06. The zero-order valence-corrected chi connectivity index (χ0v) is 15.1. The Morgan fingerprint density at radius 3 is 2.31 bits per heavy atom. The Morgan fingerprint density at radius 2 is 1.72 bits per heavy atom. The van der Waals surface area contributed by atoms with Gasteiger partial charge in [0.1, 0.15) is 11.4 Å². The van der Waals surface area contributed by atoms with Gasteiger partial charge in [-0.05, 0) is 54.8 Å². The first-order chi connectivity index (χ1) is 13.4. The van der Waals surface area contributed by atoms with Crippen LogP contribution in [0.4, 0.5) is 26.3 Å². The summed E-state index contributed by atoms with van der Waals surface area (Å²) in [5, 5.41) is 0. The average molecular weight is 416 g/mol. The molecule has 154 valence electrons. The van der Waals surface area contributed by atoms with Gasteiger partial charge in [0.15, 0.2) is 12.3 Å². The van der Waals surface area contributed by atoms with Gasteiger partial charge >= 0.3 is 12.4 Å². The normalized spacial score (nSPS) is 12.4. The molecule has 3 aromatic rings. The fourth-order valence-electron chi connectivity index (χ4n) is 2.86. The van der Waals surface area contributed by atoms with Crippen LogP contribution >= 0.6 is 0 Å². The van der Waals surface area contributed by atoms with Gasteiger partial charge in [-0.3, -0.25) is 9.20 Å². The lowest BCUT2D eigenvalue weighted by molar-refractivity contribution is -0.153. The third-order valence-electron chi connectivity index (χ3n) is 4.12. The van der Waals surface area contributed by atoms with Gasteiger partial charge in [0.2, 0.25) is 0 Å². The van der Waals surface area contributed by atoms with Crippen LogP contribution in [0.15, 0.2) is 41.3 Å². The number of nitrogens with zero attached hydrogens (tertiary/aromatic N) is 2. The fraction of sp³-hybridized carbons (Fsp3) is 0.263. The summed E-state index contributed by atoms with van der Waals surface area (Å²) in [5.41, 5.74) is -2.47. The quantitative estimate of drug-likeness (QED) is 0.569. The van der Waals surface area contributed by atoms with Gasteiger partial charge in [-0.25, -0.2) is 4.98 Å². The maximum Gasteiger partial charge on any atom is 0.434 e. The summed E-state index contributed by atoms with van der Waals surface area (Å²) in [7, 11) is 0. The molecule has 0 unspecified atom stereocenters. The molecule has 0 atom stereocenters. The molecule has 2 heterocycles. The molecule has 0 fully saturated rings. The molecule has 0 saturated carbocycles. The Bertz CT molecular complexity index is 1130. The molecule has 0 spiro atoms. The first kappa shape index (κ1) is 20.7. The lowest BCUT2D eigenvalue weighted by Crippen LogP contribution is -2.24. The molecule has 0 radical (unpaired) electrons. The average Bonchev–Trinajstić information content (AvgIpc) is 2.59.